The Morgan fingerprint density at radius 1 is 1.42 bits per heavy atom. The highest BCUT2D eigenvalue weighted by molar-refractivity contribution is 7.80. The van der Waals surface area contributed by atoms with Crippen LogP contribution in [0, 0.1) is 22.9 Å². The van der Waals surface area contributed by atoms with Crippen molar-refractivity contribution in [3.8, 4) is 0 Å². The standard InChI is InChI=1S/C12H13F3N2OS/c1-3-12(2,10(16)19)11(18)17-8-5-6(13)4-7(14)9(8)15/h4-5H,3H2,1-2H3,(H2,16,19)(H,17,18). The van der Waals surface area contributed by atoms with Crippen LogP contribution in [0.25, 0.3) is 0 Å². The summed E-state index contributed by atoms with van der Waals surface area (Å²) in [4.78, 5) is 11.9. The summed E-state index contributed by atoms with van der Waals surface area (Å²) in [5, 5.41) is 2.10. The summed E-state index contributed by atoms with van der Waals surface area (Å²) >= 11 is 4.78. The molecule has 1 atom stereocenters. The first-order valence-electron chi connectivity index (χ1n) is 5.48. The highest BCUT2D eigenvalue weighted by Gasteiger charge is 2.35. The van der Waals surface area contributed by atoms with E-state index in [0.29, 0.717) is 12.1 Å². The van der Waals surface area contributed by atoms with Gasteiger partial charge >= 0.3 is 0 Å². The number of hydrogen-bond donors (Lipinski definition) is 2. The van der Waals surface area contributed by atoms with Crippen LogP contribution < -0.4 is 11.1 Å². The zero-order valence-electron chi connectivity index (χ0n) is 10.4. The third-order valence-electron chi connectivity index (χ3n) is 2.99. The van der Waals surface area contributed by atoms with Crippen molar-refractivity contribution in [2.45, 2.75) is 20.3 Å². The third-order valence-corrected chi connectivity index (χ3v) is 3.44. The molecule has 0 aliphatic rings. The Balaban J connectivity index is 3.10. The van der Waals surface area contributed by atoms with E-state index >= 15 is 0 Å². The largest absolute Gasteiger partial charge is 0.392 e. The Labute approximate surface area is 114 Å². The summed E-state index contributed by atoms with van der Waals surface area (Å²) < 4.78 is 39.4. The van der Waals surface area contributed by atoms with E-state index in [0.717, 1.165) is 0 Å². The Kier molecular flexibility index (Phi) is 4.52. The molecule has 0 heterocycles. The van der Waals surface area contributed by atoms with Crippen molar-refractivity contribution < 1.29 is 18.0 Å². The summed E-state index contributed by atoms with van der Waals surface area (Å²) in [7, 11) is 0. The highest BCUT2D eigenvalue weighted by atomic mass is 32.1. The Morgan fingerprint density at radius 2 is 2.00 bits per heavy atom. The second kappa shape index (κ2) is 5.56. The first kappa shape index (κ1) is 15.4. The molecule has 0 radical (unpaired) electrons. The fraction of sp³-hybridized carbons (Fsp3) is 0.333. The lowest BCUT2D eigenvalue weighted by Crippen LogP contribution is -2.43. The second-order valence-corrected chi connectivity index (χ2v) is 4.69. The molecule has 7 heteroatoms. The number of amides is 1. The summed E-state index contributed by atoms with van der Waals surface area (Å²) in [5.41, 5.74) is 3.66. The number of thiocarbonyl (C=S) groups is 1. The summed E-state index contributed by atoms with van der Waals surface area (Å²) in [6, 6.07) is 1.07. The molecular formula is C12H13F3N2OS. The molecule has 0 saturated carbocycles. The summed E-state index contributed by atoms with van der Waals surface area (Å²) in [6.07, 6.45) is 0.271. The number of halogens is 3. The van der Waals surface area contributed by atoms with Gasteiger partial charge in [0.2, 0.25) is 5.91 Å². The van der Waals surface area contributed by atoms with Gasteiger partial charge in [0.05, 0.1) is 16.1 Å². The van der Waals surface area contributed by atoms with Crippen LogP contribution in [0.4, 0.5) is 18.9 Å². The number of carbonyl (C=O) groups excluding carboxylic acids is 1. The maximum absolute atomic E-state index is 13.4. The molecule has 3 nitrogen and oxygen atoms in total. The van der Waals surface area contributed by atoms with Gasteiger partial charge in [0.25, 0.3) is 0 Å². The van der Waals surface area contributed by atoms with Crippen molar-refractivity contribution in [1.29, 1.82) is 0 Å². The van der Waals surface area contributed by atoms with Crippen LogP contribution in [-0.2, 0) is 4.79 Å². The van der Waals surface area contributed by atoms with Crippen LogP contribution in [0.1, 0.15) is 20.3 Å². The van der Waals surface area contributed by atoms with Gasteiger partial charge in [-0.1, -0.05) is 19.1 Å². The number of anilines is 1. The summed E-state index contributed by atoms with van der Waals surface area (Å²) in [5.74, 6) is -4.44. The topological polar surface area (TPSA) is 55.1 Å². The van der Waals surface area contributed by atoms with Crippen molar-refractivity contribution >= 4 is 28.8 Å². The van der Waals surface area contributed by atoms with Crippen molar-refractivity contribution in [2.75, 3.05) is 5.32 Å². The first-order chi connectivity index (χ1) is 8.72. The first-order valence-corrected chi connectivity index (χ1v) is 5.89. The molecule has 0 bridgehead atoms. The fourth-order valence-corrected chi connectivity index (χ4v) is 1.59. The molecule has 0 aliphatic carbocycles. The van der Waals surface area contributed by atoms with Gasteiger partial charge in [-0.3, -0.25) is 4.79 Å². The lowest BCUT2D eigenvalue weighted by molar-refractivity contribution is -0.121. The van der Waals surface area contributed by atoms with E-state index in [1.165, 1.54) is 6.92 Å². The van der Waals surface area contributed by atoms with E-state index in [4.69, 9.17) is 18.0 Å². The molecule has 0 saturated heterocycles. The van der Waals surface area contributed by atoms with Crippen LogP contribution >= 0.6 is 12.2 Å². The van der Waals surface area contributed by atoms with Crippen LogP contribution in [0.3, 0.4) is 0 Å². The van der Waals surface area contributed by atoms with Gasteiger partial charge in [-0.15, -0.1) is 0 Å². The zero-order valence-corrected chi connectivity index (χ0v) is 11.2. The Morgan fingerprint density at radius 3 is 2.47 bits per heavy atom. The minimum Gasteiger partial charge on any atom is -0.392 e. The van der Waals surface area contributed by atoms with E-state index in [1.807, 2.05) is 0 Å². The number of carbonyl (C=O) groups is 1. The molecule has 0 aromatic heterocycles. The zero-order chi connectivity index (χ0) is 14.8. The van der Waals surface area contributed by atoms with E-state index < -0.39 is 34.5 Å². The van der Waals surface area contributed by atoms with Crippen LogP contribution in [0.2, 0.25) is 0 Å². The molecule has 1 aromatic rings. The molecule has 1 rings (SSSR count). The minimum absolute atomic E-state index is 0.0789. The van der Waals surface area contributed by atoms with Crippen molar-refractivity contribution in [2.24, 2.45) is 11.1 Å². The smallest absolute Gasteiger partial charge is 0.237 e. The van der Waals surface area contributed by atoms with E-state index in [2.05, 4.69) is 5.32 Å². The van der Waals surface area contributed by atoms with Crippen LogP contribution in [0.15, 0.2) is 12.1 Å². The normalized spacial score (nSPS) is 13.7. The monoisotopic (exact) mass is 290 g/mol. The molecule has 0 spiro atoms. The van der Waals surface area contributed by atoms with Crippen molar-refractivity contribution in [3.63, 3.8) is 0 Å². The van der Waals surface area contributed by atoms with Gasteiger partial charge in [-0.25, -0.2) is 13.2 Å². The predicted molar refractivity (Wildman–Crippen MR) is 70.1 cm³/mol. The quantitative estimate of drug-likeness (QED) is 0.662. The van der Waals surface area contributed by atoms with E-state index in [9.17, 15) is 18.0 Å². The Bertz CT molecular complexity index is 536. The molecule has 1 aromatic carbocycles. The fourth-order valence-electron chi connectivity index (χ4n) is 1.35. The maximum Gasteiger partial charge on any atom is 0.237 e. The van der Waals surface area contributed by atoms with Gasteiger partial charge in [0.15, 0.2) is 11.6 Å². The van der Waals surface area contributed by atoms with Gasteiger partial charge < -0.3 is 11.1 Å². The maximum atomic E-state index is 13.4. The van der Waals surface area contributed by atoms with Crippen molar-refractivity contribution in [3.05, 3.63) is 29.6 Å². The second-order valence-electron chi connectivity index (χ2n) is 4.25. The molecule has 1 amide bonds. The molecule has 0 fully saturated rings. The predicted octanol–water partition coefficient (Wildman–Crippen LogP) is 2.74. The van der Waals surface area contributed by atoms with Crippen LogP contribution in [0.5, 0.6) is 0 Å². The number of benzene rings is 1. The third kappa shape index (κ3) is 3.04. The Hall–Kier alpha value is -1.63. The SMILES string of the molecule is CCC(C)(C(=O)Nc1cc(F)cc(F)c1F)C(N)=S. The molecule has 1 unspecified atom stereocenters. The highest BCUT2D eigenvalue weighted by Crippen LogP contribution is 2.26. The van der Waals surface area contributed by atoms with E-state index in [-0.39, 0.29) is 11.4 Å². The number of nitrogens with two attached hydrogens (primary N) is 1. The molecule has 104 valence electrons. The lowest BCUT2D eigenvalue weighted by Gasteiger charge is -2.25. The lowest BCUT2D eigenvalue weighted by atomic mass is 9.86. The molecule has 19 heavy (non-hydrogen) atoms. The van der Waals surface area contributed by atoms with E-state index in [1.54, 1.807) is 6.92 Å². The molecule has 3 N–H and O–H groups in total. The molecule has 0 aliphatic heterocycles. The number of rotatable bonds is 4. The number of nitrogens with one attached hydrogen (secondary N) is 1. The van der Waals surface area contributed by atoms with Gasteiger partial charge in [-0.05, 0) is 13.3 Å². The molecular weight excluding hydrogens is 277 g/mol. The van der Waals surface area contributed by atoms with Gasteiger partial charge in [-0.2, -0.15) is 0 Å². The van der Waals surface area contributed by atoms with Gasteiger partial charge in [0, 0.05) is 12.1 Å². The number of hydrogen-bond acceptors (Lipinski definition) is 2. The minimum atomic E-state index is -1.39. The average molecular weight is 290 g/mol. The summed E-state index contributed by atoms with van der Waals surface area (Å²) in [6.45, 7) is 3.14. The average Bonchev–Trinajstić information content (AvgIpc) is 2.33. The van der Waals surface area contributed by atoms with Crippen LogP contribution in [-0.4, -0.2) is 10.9 Å². The van der Waals surface area contributed by atoms with Crippen molar-refractivity contribution in [1.82, 2.24) is 0 Å². The van der Waals surface area contributed by atoms with Gasteiger partial charge in [0.1, 0.15) is 5.82 Å².